The van der Waals surface area contributed by atoms with E-state index in [4.69, 9.17) is 23.4 Å². The molecular formula is C35H56O6Si. The molecular weight excluding hydrogens is 544 g/mol. The summed E-state index contributed by atoms with van der Waals surface area (Å²) in [5.41, 5.74) is 1.49. The number of hydrogen-bond donors (Lipinski definition) is 1. The maximum Gasteiger partial charge on any atom is 0.191 e. The van der Waals surface area contributed by atoms with Crippen LogP contribution in [-0.4, -0.2) is 58.9 Å². The van der Waals surface area contributed by atoms with Gasteiger partial charge in [-0.15, -0.1) is 5.92 Å². The number of allylic oxidation sites excluding steroid dienone is 1. The van der Waals surface area contributed by atoms with Crippen molar-refractivity contribution >= 4 is 8.32 Å². The lowest BCUT2D eigenvalue weighted by atomic mass is 9.93. The fourth-order valence-corrected chi connectivity index (χ4v) is 5.02. The molecule has 3 unspecified atom stereocenters. The molecule has 0 bridgehead atoms. The van der Waals surface area contributed by atoms with Gasteiger partial charge in [0.15, 0.2) is 8.32 Å². The summed E-state index contributed by atoms with van der Waals surface area (Å²) >= 11 is 0. The van der Waals surface area contributed by atoms with E-state index in [1.807, 2.05) is 38.1 Å². The van der Waals surface area contributed by atoms with Crippen molar-refractivity contribution < 1.29 is 28.5 Å². The highest BCUT2D eigenvalue weighted by molar-refractivity contribution is 6.74. The van der Waals surface area contributed by atoms with Crippen LogP contribution < -0.4 is 4.74 Å². The quantitative estimate of drug-likeness (QED) is 0.0864. The molecule has 236 valence electrons. The molecule has 1 N–H and O–H groups in total. The largest absolute Gasteiger partial charge is 0.497 e. The van der Waals surface area contributed by atoms with Gasteiger partial charge in [0.05, 0.1) is 19.3 Å². The van der Waals surface area contributed by atoms with Gasteiger partial charge in [-0.1, -0.05) is 62.8 Å². The molecule has 6 nitrogen and oxygen atoms in total. The predicted octanol–water partition coefficient (Wildman–Crippen LogP) is 7.51. The van der Waals surface area contributed by atoms with Crippen LogP contribution in [0.2, 0.25) is 18.1 Å². The Morgan fingerprint density at radius 3 is 2.26 bits per heavy atom. The van der Waals surface area contributed by atoms with Crippen molar-refractivity contribution in [3.05, 3.63) is 42.0 Å². The van der Waals surface area contributed by atoms with Gasteiger partial charge in [-0.05, 0) is 75.4 Å². The number of rotatable bonds is 17. The monoisotopic (exact) mass is 600 g/mol. The lowest BCUT2D eigenvalue weighted by Crippen LogP contribution is -2.41. The molecule has 42 heavy (non-hydrogen) atoms. The number of aliphatic hydroxyl groups excluding tert-OH is 1. The minimum Gasteiger partial charge on any atom is -0.497 e. The first-order valence-electron chi connectivity index (χ1n) is 14.9. The fourth-order valence-electron chi connectivity index (χ4n) is 3.96. The van der Waals surface area contributed by atoms with Crippen molar-refractivity contribution in [1.82, 2.24) is 0 Å². The summed E-state index contributed by atoms with van der Waals surface area (Å²) in [5.74, 6) is 13.6. The minimum atomic E-state index is -1.76. The summed E-state index contributed by atoms with van der Waals surface area (Å²) in [7, 11) is 1.46. The number of hydrogen-bond acceptors (Lipinski definition) is 6. The van der Waals surface area contributed by atoms with E-state index in [2.05, 4.69) is 71.0 Å². The van der Waals surface area contributed by atoms with E-state index in [9.17, 15) is 5.11 Å². The van der Waals surface area contributed by atoms with Crippen molar-refractivity contribution in [3.8, 4) is 29.4 Å². The van der Waals surface area contributed by atoms with Crippen molar-refractivity contribution in [2.45, 2.75) is 116 Å². The first-order valence-corrected chi connectivity index (χ1v) is 17.8. The molecule has 0 saturated heterocycles. The van der Waals surface area contributed by atoms with Gasteiger partial charge < -0.3 is 28.5 Å². The average Bonchev–Trinajstić information content (AvgIpc) is 2.91. The number of aliphatic hydroxyl groups is 1. The zero-order chi connectivity index (χ0) is 31.8. The van der Waals surface area contributed by atoms with E-state index in [-0.39, 0.29) is 17.9 Å². The van der Waals surface area contributed by atoms with Gasteiger partial charge >= 0.3 is 0 Å². The molecule has 1 rings (SSSR count). The van der Waals surface area contributed by atoms with Crippen molar-refractivity contribution in [2.24, 2.45) is 5.92 Å². The van der Waals surface area contributed by atoms with Crippen molar-refractivity contribution in [2.75, 3.05) is 27.6 Å². The predicted molar refractivity (Wildman–Crippen MR) is 175 cm³/mol. The lowest BCUT2D eigenvalue weighted by molar-refractivity contribution is -0.130. The second-order valence-corrected chi connectivity index (χ2v) is 17.6. The highest BCUT2D eigenvalue weighted by Gasteiger charge is 2.37. The number of methoxy groups -OCH3 is 2. The zero-order valence-electron chi connectivity index (χ0n) is 27.9. The van der Waals surface area contributed by atoms with Gasteiger partial charge in [-0.3, -0.25) is 0 Å². The maximum absolute atomic E-state index is 10.7. The molecule has 0 heterocycles. The summed E-state index contributed by atoms with van der Waals surface area (Å²) < 4.78 is 28.5. The Balaban J connectivity index is 2.63. The molecule has 0 radical (unpaired) electrons. The summed E-state index contributed by atoms with van der Waals surface area (Å²) in [6.07, 6.45) is 2.18. The van der Waals surface area contributed by atoms with E-state index in [0.29, 0.717) is 31.8 Å². The van der Waals surface area contributed by atoms with Gasteiger partial charge in [0.25, 0.3) is 0 Å². The van der Waals surface area contributed by atoms with Gasteiger partial charge in [-0.2, -0.15) is 0 Å². The van der Waals surface area contributed by atoms with E-state index in [0.717, 1.165) is 36.3 Å². The molecule has 0 saturated carbocycles. The van der Waals surface area contributed by atoms with Crippen LogP contribution >= 0.6 is 0 Å². The Morgan fingerprint density at radius 2 is 1.69 bits per heavy atom. The molecule has 0 aliphatic carbocycles. The van der Waals surface area contributed by atoms with Crippen LogP contribution in [0.1, 0.15) is 79.2 Å². The summed E-state index contributed by atoms with van der Waals surface area (Å²) in [5, 5.41) is 10.9. The standard InChI is InChI=1S/C35H56O6Si/c1-28(2)31(22-24-41-42(10,11)34(4,5)6)16-12-13-17-32(36)25-35(7,40-27-37-8)23-14-15-29(3)39-26-30-18-20-33(38-9)21-19-30/h18-21,29,31-32,36H,1,12,16,22-27H2,2-11H3/t29?,31-,32?,35?/m0/s1. The number of benzene rings is 1. The van der Waals surface area contributed by atoms with E-state index >= 15 is 0 Å². The van der Waals surface area contributed by atoms with Crippen LogP contribution in [-0.2, 0) is 25.2 Å². The topological polar surface area (TPSA) is 66.4 Å². The molecule has 0 aliphatic heterocycles. The van der Waals surface area contributed by atoms with Gasteiger partial charge in [-0.25, -0.2) is 0 Å². The van der Waals surface area contributed by atoms with E-state index < -0.39 is 20.0 Å². The highest BCUT2D eigenvalue weighted by Crippen LogP contribution is 2.37. The van der Waals surface area contributed by atoms with Gasteiger partial charge in [0.1, 0.15) is 24.8 Å². The molecule has 1 aromatic carbocycles. The molecule has 0 aromatic heterocycles. The lowest BCUT2D eigenvalue weighted by Gasteiger charge is -2.36. The summed E-state index contributed by atoms with van der Waals surface area (Å²) in [6.45, 7) is 22.8. The van der Waals surface area contributed by atoms with E-state index in [1.165, 1.54) is 0 Å². The second-order valence-electron chi connectivity index (χ2n) is 12.8. The normalized spacial score (nSPS) is 15.3. The molecule has 0 aliphatic rings. The van der Waals surface area contributed by atoms with Crippen LogP contribution in [0.25, 0.3) is 0 Å². The third-order valence-electron chi connectivity index (χ3n) is 7.90. The SMILES string of the molecule is C=C(C)[C@@H](CCC#CC(O)CC(C)(CC#CC(C)OCc1ccc(OC)cc1)OCOC)CCO[Si](C)(C)C(C)(C)C. The molecule has 0 fully saturated rings. The molecule has 7 heteroatoms. The third kappa shape index (κ3) is 14.9. The zero-order valence-corrected chi connectivity index (χ0v) is 28.9. The van der Waals surface area contributed by atoms with Gasteiger partial charge in [0.2, 0.25) is 0 Å². The minimum absolute atomic E-state index is 0.110. The Labute approximate surface area is 257 Å². The molecule has 1 aromatic rings. The van der Waals surface area contributed by atoms with Crippen LogP contribution in [0.4, 0.5) is 0 Å². The van der Waals surface area contributed by atoms with Crippen LogP contribution in [0, 0.1) is 29.6 Å². The molecule has 4 atom stereocenters. The third-order valence-corrected chi connectivity index (χ3v) is 12.4. The fraction of sp³-hybridized carbons (Fsp3) is 0.657. The maximum atomic E-state index is 10.7. The van der Waals surface area contributed by atoms with Crippen LogP contribution in [0.5, 0.6) is 5.75 Å². The summed E-state index contributed by atoms with van der Waals surface area (Å²) in [4.78, 5) is 0. The van der Waals surface area contributed by atoms with E-state index in [1.54, 1.807) is 14.2 Å². The second kappa shape index (κ2) is 18.5. The highest BCUT2D eigenvalue weighted by atomic mass is 28.4. The van der Waals surface area contributed by atoms with Crippen molar-refractivity contribution in [3.63, 3.8) is 0 Å². The average molecular weight is 601 g/mol. The summed E-state index contributed by atoms with van der Waals surface area (Å²) in [6, 6.07) is 7.76. The van der Waals surface area contributed by atoms with Crippen LogP contribution in [0.3, 0.4) is 0 Å². The molecule has 0 spiro atoms. The first-order chi connectivity index (χ1) is 19.6. The van der Waals surface area contributed by atoms with Crippen LogP contribution in [0.15, 0.2) is 36.4 Å². The Bertz CT molecular complexity index is 1050. The molecule has 0 amide bonds. The smallest absolute Gasteiger partial charge is 0.191 e. The van der Waals surface area contributed by atoms with Gasteiger partial charge in [0, 0.05) is 33.0 Å². The Kier molecular flexibility index (Phi) is 16.7. The first kappa shape index (κ1) is 37.9. The number of ether oxygens (including phenoxy) is 4. The van der Waals surface area contributed by atoms with Crippen molar-refractivity contribution in [1.29, 1.82) is 0 Å². The Morgan fingerprint density at radius 1 is 1.02 bits per heavy atom. The Hall–Kier alpha value is -2.10.